The molecule has 0 saturated heterocycles. The van der Waals surface area contributed by atoms with Gasteiger partial charge in [-0.15, -0.1) is 0 Å². The van der Waals surface area contributed by atoms with Crippen LogP contribution in [0.2, 0.25) is 0 Å². The first-order chi connectivity index (χ1) is 7.75. The monoisotopic (exact) mass is 225 g/mol. The molecule has 0 unspecified atom stereocenters. The van der Waals surface area contributed by atoms with Gasteiger partial charge in [-0.2, -0.15) is 0 Å². The van der Waals surface area contributed by atoms with Crippen molar-refractivity contribution in [1.82, 2.24) is 0 Å². The maximum atomic E-state index is 12.8. The molecular formula is C12H13F2NO. The Morgan fingerprint density at radius 2 is 2.12 bits per heavy atom. The van der Waals surface area contributed by atoms with Gasteiger partial charge in [0.1, 0.15) is 6.61 Å². The van der Waals surface area contributed by atoms with Crippen LogP contribution in [0.5, 0.6) is 0 Å². The fourth-order valence-electron chi connectivity index (χ4n) is 1.46. The van der Waals surface area contributed by atoms with Gasteiger partial charge in [0.15, 0.2) is 11.6 Å². The zero-order valence-corrected chi connectivity index (χ0v) is 8.83. The number of rotatable bonds is 4. The highest BCUT2D eigenvalue weighted by Gasteiger charge is 2.14. The zero-order valence-electron chi connectivity index (χ0n) is 8.83. The van der Waals surface area contributed by atoms with Crippen molar-refractivity contribution in [3.05, 3.63) is 35.4 Å². The summed E-state index contributed by atoms with van der Waals surface area (Å²) in [5.41, 5.74) is 0.574. The number of benzene rings is 1. The first-order valence-corrected chi connectivity index (χ1v) is 5.35. The van der Waals surface area contributed by atoms with E-state index in [0.717, 1.165) is 25.0 Å². The molecule has 1 aromatic carbocycles. The van der Waals surface area contributed by atoms with Crippen LogP contribution in [0.1, 0.15) is 24.8 Å². The third-order valence-electron chi connectivity index (χ3n) is 2.71. The van der Waals surface area contributed by atoms with Gasteiger partial charge in [0.2, 0.25) is 0 Å². The van der Waals surface area contributed by atoms with Gasteiger partial charge in [-0.25, -0.2) is 8.78 Å². The van der Waals surface area contributed by atoms with Crippen molar-refractivity contribution in [2.24, 2.45) is 11.1 Å². The second kappa shape index (κ2) is 5.05. The van der Waals surface area contributed by atoms with Crippen molar-refractivity contribution >= 4 is 6.21 Å². The lowest BCUT2D eigenvalue weighted by Crippen LogP contribution is -2.11. The van der Waals surface area contributed by atoms with E-state index in [-0.39, 0.29) is 6.61 Å². The third-order valence-corrected chi connectivity index (χ3v) is 2.71. The number of oxime groups is 1. The molecule has 1 aliphatic carbocycles. The van der Waals surface area contributed by atoms with E-state index in [4.69, 9.17) is 4.84 Å². The summed E-state index contributed by atoms with van der Waals surface area (Å²) in [5.74, 6) is -1.17. The molecule has 0 radical (unpaired) electrons. The van der Waals surface area contributed by atoms with E-state index >= 15 is 0 Å². The average Bonchev–Trinajstić information content (AvgIpc) is 2.20. The van der Waals surface area contributed by atoms with E-state index in [1.807, 2.05) is 0 Å². The number of hydrogen-bond acceptors (Lipinski definition) is 2. The van der Waals surface area contributed by atoms with Gasteiger partial charge in [-0.05, 0) is 36.5 Å². The van der Waals surface area contributed by atoms with Crippen molar-refractivity contribution in [2.45, 2.75) is 25.9 Å². The molecule has 0 aromatic heterocycles. The Bertz CT molecular complexity index is 389. The minimum absolute atomic E-state index is 0.167. The van der Waals surface area contributed by atoms with Gasteiger partial charge < -0.3 is 4.84 Å². The third kappa shape index (κ3) is 2.78. The lowest BCUT2D eigenvalue weighted by atomic mass is 9.87. The predicted molar refractivity (Wildman–Crippen MR) is 57.0 cm³/mol. The molecule has 0 aliphatic heterocycles. The second-order valence-electron chi connectivity index (χ2n) is 3.97. The van der Waals surface area contributed by atoms with Crippen LogP contribution in [0.15, 0.2) is 23.4 Å². The van der Waals surface area contributed by atoms with Gasteiger partial charge in [0.05, 0.1) is 0 Å². The predicted octanol–water partition coefficient (Wildman–Crippen LogP) is 3.27. The Hall–Kier alpha value is -1.45. The molecule has 1 fully saturated rings. The summed E-state index contributed by atoms with van der Waals surface area (Å²) >= 11 is 0. The van der Waals surface area contributed by atoms with Gasteiger partial charge in [-0.3, -0.25) is 0 Å². The first-order valence-electron chi connectivity index (χ1n) is 5.35. The van der Waals surface area contributed by atoms with Crippen LogP contribution in [-0.2, 0) is 11.4 Å². The van der Waals surface area contributed by atoms with E-state index in [1.54, 1.807) is 6.21 Å². The minimum Gasteiger partial charge on any atom is -0.391 e. The summed E-state index contributed by atoms with van der Waals surface area (Å²) in [4.78, 5) is 5.00. The number of nitrogens with zero attached hydrogens (tertiary/aromatic N) is 1. The number of halogens is 2. The fourth-order valence-corrected chi connectivity index (χ4v) is 1.46. The topological polar surface area (TPSA) is 21.6 Å². The normalized spacial score (nSPS) is 16.4. The van der Waals surface area contributed by atoms with Crippen molar-refractivity contribution in [1.29, 1.82) is 0 Å². The molecule has 2 nitrogen and oxygen atoms in total. The van der Waals surface area contributed by atoms with E-state index in [9.17, 15) is 8.78 Å². The largest absolute Gasteiger partial charge is 0.391 e. The Morgan fingerprint density at radius 3 is 2.75 bits per heavy atom. The fraction of sp³-hybridized carbons (Fsp3) is 0.417. The molecule has 0 amide bonds. The smallest absolute Gasteiger partial charge is 0.159 e. The Labute approximate surface area is 92.9 Å². The Kier molecular flexibility index (Phi) is 3.49. The van der Waals surface area contributed by atoms with Crippen molar-refractivity contribution in [2.75, 3.05) is 0 Å². The van der Waals surface area contributed by atoms with Crippen LogP contribution >= 0.6 is 0 Å². The summed E-state index contributed by atoms with van der Waals surface area (Å²) in [5, 5.41) is 3.80. The van der Waals surface area contributed by atoms with Gasteiger partial charge in [0.25, 0.3) is 0 Å². The molecule has 0 N–H and O–H groups in total. The van der Waals surface area contributed by atoms with Crippen molar-refractivity contribution < 1.29 is 13.6 Å². The molecule has 1 aliphatic rings. The van der Waals surface area contributed by atoms with E-state index in [0.29, 0.717) is 11.5 Å². The summed E-state index contributed by atoms with van der Waals surface area (Å²) in [6.45, 7) is 0.167. The summed E-state index contributed by atoms with van der Waals surface area (Å²) in [6.07, 6.45) is 5.36. The molecule has 1 aromatic rings. The highest BCUT2D eigenvalue weighted by molar-refractivity contribution is 5.60. The SMILES string of the molecule is Fc1ccc(CON=CC2CCC2)cc1F. The van der Waals surface area contributed by atoms with Crippen LogP contribution in [0.3, 0.4) is 0 Å². The van der Waals surface area contributed by atoms with Gasteiger partial charge in [0, 0.05) is 6.21 Å². The molecule has 0 heterocycles. The molecular weight excluding hydrogens is 212 g/mol. The van der Waals surface area contributed by atoms with Crippen LogP contribution in [-0.4, -0.2) is 6.21 Å². The van der Waals surface area contributed by atoms with Crippen LogP contribution in [0.4, 0.5) is 8.78 Å². The van der Waals surface area contributed by atoms with Crippen molar-refractivity contribution in [3.63, 3.8) is 0 Å². The molecule has 0 atom stereocenters. The van der Waals surface area contributed by atoms with Crippen LogP contribution in [0, 0.1) is 17.6 Å². The van der Waals surface area contributed by atoms with E-state index < -0.39 is 11.6 Å². The second-order valence-corrected chi connectivity index (χ2v) is 3.97. The zero-order chi connectivity index (χ0) is 11.4. The van der Waals surface area contributed by atoms with Gasteiger partial charge >= 0.3 is 0 Å². The Balaban J connectivity index is 1.80. The molecule has 0 spiro atoms. The number of hydrogen-bond donors (Lipinski definition) is 0. The van der Waals surface area contributed by atoms with Crippen LogP contribution in [0.25, 0.3) is 0 Å². The maximum absolute atomic E-state index is 12.8. The van der Waals surface area contributed by atoms with Gasteiger partial charge in [-0.1, -0.05) is 17.6 Å². The van der Waals surface area contributed by atoms with Crippen molar-refractivity contribution in [3.8, 4) is 0 Å². The highest BCUT2D eigenvalue weighted by Crippen LogP contribution is 2.24. The lowest BCUT2D eigenvalue weighted by molar-refractivity contribution is 0.129. The average molecular weight is 225 g/mol. The van der Waals surface area contributed by atoms with E-state index in [1.165, 1.54) is 12.5 Å². The molecule has 1 saturated carbocycles. The summed E-state index contributed by atoms with van der Waals surface area (Å²) in [6, 6.07) is 3.69. The minimum atomic E-state index is -0.857. The Morgan fingerprint density at radius 1 is 1.31 bits per heavy atom. The van der Waals surface area contributed by atoms with Crippen LogP contribution < -0.4 is 0 Å². The molecule has 2 rings (SSSR count). The lowest BCUT2D eigenvalue weighted by Gasteiger charge is -2.19. The quantitative estimate of drug-likeness (QED) is 0.569. The molecule has 16 heavy (non-hydrogen) atoms. The summed E-state index contributed by atoms with van der Waals surface area (Å²) < 4.78 is 25.4. The molecule has 0 bridgehead atoms. The molecule has 4 heteroatoms. The first kappa shape index (κ1) is 11.0. The highest BCUT2D eigenvalue weighted by atomic mass is 19.2. The summed E-state index contributed by atoms with van der Waals surface area (Å²) in [7, 11) is 0. The standard InChI is InChI=1S/C12H13F2NO/c13-11-5-4-10(6-12(11)14)8-16-15-7-9-2-1-3-9/h4-7,9H,1-3,8H2. The molecule has 86 valence electrons. The van der Waals surface area contributed by atoms with E-state index in [2.05, 4.69) is 5.16 Å². The maximum Gasteiger partial charge on any atom is 0.159 e.